The maximum absolute atomic E-state index is 13.8. The van der Waals surface area contributed by atoms with Crippen molar-refractivity contribution in [1.29, 1.82) is 0 Å². The van der Waals surface area contributed by atoms with E-state index in [4.69, 9.17) is 9.47 Å². The molecule has 1 fully saturated rings. The lowest BCUT2D eigenvalue weighted by Gasteiger charge is -2.13. The van der Waals surface area contributed by atoms with Crippen molar-refractivity contribution in [3.63, 3.8) is 0 Å². The third kappa shape index (κ3) is 4.80. The maximum Gasteiger partial charge on any atom is 0.293 e. The molecule has 156 valence electrons. The summed E-state index contributed by atoms with van der Waals surface area (Å²) in [5, 5.41) is 2.19. The third-order valence-corrected chi connectivity index (χ3v) is 5.21. The molecule has 3 amide bonds. The van der Waals surface area contributed by atoms with E-state index >= 15 is 0 Å². The number of amides is 3. The minimum atomic E-state index is -0.523. The lowest BCUT2D eigenvalue weighted by atomic mass is 10.2. The lowest BCUT2D eigenvalue weighted by molar-refractivity contribution is -0.122. The molecule has 30 heavy (non-hydrogen) atoms. The van der Waals surface area contributed by atoms with Gasteiger partial charge in [0.15, 0.2) is 0 Å². The predicted octanol–water partition coefficient (Wildman–Crippen LogP) is 3.31. The summed E-state index contributed by atoms with van der Waals surface area (Å²) in [6, 6.07) is 10.7. The first-order chi connectivity index (χ1) is 14.4. The Kier molecular flexibility index (Phi) is 6.73. The molecule has 0 unspecified atom stereocenters. The molecule has 0 saturated carbocycles. The Balaban J connectivity index is 1.62. The van der Waals surface area contributed by atoms with Gasteiger partial charge in [0, 0.05) is 30.3 Å². The average molecular weight is 430 g/mol. The van der Waals surface area contributed by atoms with Crippen molar-refractivity contribution in [3.05, 3.63) is 64.3 Å². The fourth-order valence-electron chi connectivity index (χ4n) is 2.75. The summed E-state index contributed by atoms with van der Waals surface area (Å²) < 4.78 is 24.1. The minimum Gasteiger partial charge on any atom is -0.497 e. The number of methoxy groups -OCH3 is 2. The van der Waals surface area contributed by atoms with Gasteiger partial charge in [-0.1, -0.05) is 18.2 Å². The number of imide groups is 1. The summed E-state index contributed by atoms with van der Waals surface area (Å²) >= 11 is 0.737. The Morgan fingerprint density at radius 1 is 1.13 bits per heavy atom. The Hall–Kier alpha value is -3.33. The van der Waals surface area contributed by atoms with Gasteiger partial charge in [-0.15, -0.1) is 0 Å². The van der Waals surface area contributed by atoms with E-state index in [1.54, 1.807) is 30.3 Å². The second kappa shape index (κ2) is 9.45. The van der Waals surface area contributed by atoms with Gasteiger partial charge in [-0.3, -0.25) is 19.3 Å². The van der Waals surface area contributed by atoms with Crippen LogP contribution in [0, 0.1) is 5.82 Å². The first-order valence-corrected chi connectivity index (χ1v) is 9.75. The number of halogens is 1. The van der Waals surface area contributed by atoms with Gasteiger partial charge >= 0.3 is 0 Å². The monoisotopic (exact) mass is 430 g/mol. The van der Waals surface area contributed by atoms with Crippen molar-refractivity contribution in [3.8, 4) is 11.5 Å². The van der Waals surface area contributed by atoms with Crippen LogP contribution < -0.4 is 14.8 Å². The average Bonchev–Trinajstić information content (AvgIpc) is 3.02. The van der Waals surface area contributed by atoms with E-state index < -0.39 is 22.9 Å². The van der Waals surface area contributed by atoms with E-state index in [2.05, 4.69) is 5.32 Å². The van der Waals surface area contributed by atoms with Crippen LogP contribution in [0.4, 0.5) is 9.18 Å². The molecule has 1 aliphatic rings. The molecule has 1 aliphatic heterocycles. The number of hydrogen-bond acceptors (Lipinski definition) is 6. The van der Waals surface area contributed by atoms with Crippen molar-refractivity contribution in [1.82, 2.24) is 10.2 Å². The SMILES string of the molecule is COc1cc(OC)cc(C(=O)NCCN2C(=O)S/C(=C\c3ccccc3F)C2=O)c1. The molecule has 1 heterocycles. The number of ether oxygens (including phenoxy) is 2. The summed E-state index contributed by atoms with van der Waals surface area (Å²) in [5.41, 5.74) is 0.545. The van der Waals surface area contributed by atoms with Gasteiger partial charge in [-0.05, 0) is 36.0 Å². The van der Waals surface area contributed by atoms with E-state index in [1.807, 2.05) is 0 Å². The Morgan fingerprint density at radius 2 is 1.80 bits per heavy atom. The van der Waals surface area contributed by atoms with Crippen molar-refractivity contribution >= 4 is 34.9 Å². The zero-order chi connectivity index (χ0) is 21.7. The first kappa shape index (κ1) is 21.4. The fourth-order valence-corrected chi connectivity index (χ4v) is 3.60. The number of benzene rings is 2. The smallest absolute Gasteiger partial charge is 0.293 e. The highest BCUT2D eigenvalue weighted by atomic mass is 32.2. The Labute approximate surface area is 176 Å². The molecule has 0 spiro atoms. The minimum absolute atomic E-state index is 0.00782. The standard InChI is InChI=1S/C21H19FN2O5S/c1-28-15-9-14(10-16(12-15)29-2)19(25)23-7-8-24-20(26)18(30-21(24)27)11-13-5-3-4-6-17(13)22/h3-6,9-12H,7-8H2,1-2H3,(H,23,25)/b18-11-. The van der Waals surface area contributed by atoms with E-state index in [1.165, 1.54) is 32.4 Å². The molecule has 7 nitrogen and oxygen atoms in total. The molecule has 3 rings (SSSR count). The summed E-state index contributed by atoms with van der Waals surface area (Å²) in [6.45, 7) is 0.0511. The molecular weight excluding hydrogens is 411 g/mol. The van der Waals surface area contributed by atoms with Crippen LogP contribution in [0.1, 0.15) is 15.9 Å². The zero-order valence-electron chi connectivity index (χ0n) is 16.3. The molecule has 2 aromatic carbocycles. The maximum atomic E-state index is 13.8. The topological polar surface area (TPSA) is 84.9 Å². The van der Waals surface area contributed by atoms with Crippen LogP contribution in [0.25, 0.3) is 6.08 Å². The lowest BCUT2D eigenvalue weighted by Crippen LogP contribution is -2.37. The van der Waals surface area contributed by atoms with Crippen LogP contribution in [-0.4, -0.2) is 49.3 Å². The van der Waals surface area contributed by atoms with Crippen molar-refractivity contribution in [2.75, 3.05) is 27.3 Å². The Morgan fingerprint density at radius 3 is 2.43 bits per heavy atom. The molecule has 0 bridgehead atoms. The normalized spacial score (nSPS) is 14.9. The van der Waals surface area contributed by atoms with E-state index in [-0.39, 0.29) is 23.6 Å². The summed E-state index contributed by atoms with van der Waals surface area (Å²) in [5.74, 6) is -0.482. The van der Waals surface area contributed by atoms with Crippen LogP contribution in [0.5, 0.6) is 11.5 Å². The number of thioether (sulfide) groups is 1. The highest BCUT2D eigenvalue weighted by molar-refractivity contribution is 8.18. The van der Waals surface area contributed by atoms with Gasteiger partial charge in [0.1, 0.15) is 17.3 Å². The summed E-state index contributed by atoms with van der Waals surface area (Å²) in [4.78, 5) is 38.2. The number of nitrogens with one attached hydrogen (secondary N) is 1. The van der Waals surface area contributed by atoms with Gasteiger partial charge in [0.05, 0.1) is 19.1 Å². The quantitative estimate of drug-likeness (QED) is 0.679. The molecule has 0 aliphatic carbocycles. The number of carbonyl (C=O) groups excluding carboxylic acids is 3. The van der Waals surface area contributed by atoms with Crippen molar-refractivity contribution in [2.45, 2.75) is 0 Å². The van der Waals surface area contributed by atoms with Crippen LogP contribution in [0.3, 0.4) is 0 Å². The van der Waals surface area contributed by atoms with Gasteiger partial charge in [0.2, 0.25) is 0 Å². The highest BCUT2D eigenvalue weighted by Crippen LogP contribution is 2.32. The van der Waals surface area contributed by atoms with E-state index in [0.29, 0.717) is 17.1 Å². The summed E-state index contributed by atoms with van der Waals surface area (Å²) in [6.07, 6.45) is 1.35. The molecule has 0 radical (unpaired) electrons. The number of carbonyl (C=O) groups is 3. The van der Waals surface area contributed by atoms with Crippen molar-refractivity contribution < 1.29 is 28.2 Å². The van der Waals surface area contributed by atoms with Crippen LogP contribution in [0.15, 0.2) is 47.4 Å². The second-order valence-corrected chi connectivity index (χ2v) is 7.21. The van der Waals surface area contributed by atoms with Crippen LogP contribution in [-0.2, 0) is 4.79 Å². The molecular formula is C21H19FN2O5S. The highest BCUT2D eigenvalue weighted by Gasteiger charge is 2.34. The molecule has 2 aromatic rings. The fraction of sp³-hybridized carbons (Fsp3) is 0.190. The number of hydrogen-bond donors (Lipinski definition) is 1. The number of nitrogens with zero attached hydrogens (tertiary/aromatic N) is 1. The van der Waals surface area contributed by atoms with Crippen LogP contribution in [0.2, 0.25) is 0 Å². The first-order valence-electron chi connectivity index (χ1n) is 8.94. The van der Waals surface area contributed by atoms with Gasteiger partial charge in [-0.25, -0.2) is 4.39 Å². The Bertz CT molecular complexity index is 1000. The molecule has 0 atom stereocenters. The van der Waals surface area contributed by atoms with Gasteiger partial charge in [0.25, 0.3) is 17.1 Å². The molecule has 0 aromatic heterocycles. The van der Waals surface area contributed by atoms with Gasteiger partial charge < -0.3 is 14.8 Å². The molecule has 9 heteroatoms. The van der Waals surface area contributed by atoms with Gasteiger partial charge in [-0.2, -0.15) is 0 Å². The third-order valence-electron chi connectivity index (χ3n) is 4.30. The largest absolute Gasteiger partial charge is 0.497 e. The van der Waals surface area contributed by atoms with Crippen LogP contribution >= 0.6 is 11.8 Å². The van der Waals surface area contributed by atoms with E-state index in [9.17, 15) is 18.8 Å². The zero-order valence-corrected chi connectivity index (χ0v) is 17.1. The molecule has 1 N–H and O–H groups in total. The van der Waals surface area contributed by atoms with E-state index in [0.717, 1.165) is 16.7 Å². The number of rotatable bonds is 7. The molecule has 1 saturated heterocycles. The predicted molar refractivity (Wildman–Crippen MR) is 111 cm³/mol. The second-order valence-electron chi connectivity index (χ2n) is 6.21. The summed E-state index contributed by atoms with van der Waals surface area (Å²) in [7, 11) is 2.95. The van der Waals surface area contributed by atoms with Crippen molar-refractivity contribution in [2.24, 2.45) is 0 Å².